The molecule has 0 radical (unpaired) electrons. The second-order valence-corrected chi connectivity index (χ2v) is 4.17. The highest BCUT2D eigenvalue weighted by atomic mass is 15.4. The number of anilines is 1. The number of hydrogen-bond donors (Lipinski definition) is 1. The molecule has 3 aromatic rings. The van der Waals surface area contributed by atoms with Crippen molar-refractivity contribution in [2.45, 2.75) is 0 Å². The molecule has 1 N–H and O–H groups in total. The summed E-state index contributed by atoms with van der Waals surface area (Å²) in [7, 11) is 0. The van der Waals surface area contributed by atoms with Crippen LogP contribution < -0.4 is 5.43 Å². The number of benzene rings is 3. The van der Waals surface area contributed by atoms with E-state index < -0.39 is 0 Å². The highest BCUT2D eigenvalue weighted by molar-refractivity contribution is 5.93. The summed E-state index contributed by atoms with van der Waals surface area (Å²) in [6.07, 6.45) is 0. The van der Waals surface area contributed by atoms with Crippen LogP contribution in [-0.4, -0.2) is 0 Å². The van der Waals surface area contributed by atoms with Crippen LogP contribution in [0.1, 0.15) is 0 Å². The lowest BCUT2D eigenvalue weighted by Crippen LogP contribution is -1.87. The molecule has 0 amide bonds. The first-order valence-electron chi connectivity index (χ1n) is 6.13. The van der Waals surface area contributed by atoms with Crippen molar-refractivity contribution in [2.75, 3.05) is 5.43 Å². The summed E-state index contributed by atoms with van der Waals surface area (Å²) >= 11 is 0. The van der Waals surface area contributed by atoms with Crippen LogP contribution in [0.5, 0.6) is 0 Å². The predicted octanol–water partition coefficient (Wildman–Crippen LogP) is 4.95. The minimum atomic E-state index is 0.829. The molecule has 0 atom stereocenters. The van der Waals surface area contributed by atoms with Gasteiger partial charge in [0.05, 0.1) is 11.4 Å². The van der Waals surface area contributed by atoms with E-state index in [1.54, 1.807) is 0 Å². The monoisotopic (exact) mass is 247 g/mol. The first-order chi connectivity index (χ1) is 9.43. The largest absolute Gasteiger partial charge is 0.259 e. The molecule has 0 spiro atoms. The van der Waals surface area contributed by atoms with Crippen LogP contribution in [0.2, 0.25) is 0 Å². The minimum Gasteiger partial charge on any atom is -0.259 e. The Bertz CT molecular complexity index is 700. The van der Waals surface area contributed by atoms with E-state index in [-0.39, 0.29) is 0 Å². The van der Waals surface area contributed by atoms with E-state index in [2.05, 4.69) is 34.0 Å². The Balaban J connectivity index is 1.84. The Hall–Kier alpha value is -2.68. The van der Waals surface area contributed by atoms with Crippen LogP contribution in [0.25, 0.3) is 10.8 Å². The van der Waals surface area contributed by atoms with Crippen LogP contribution in [0, 0.1) is 0 Å². The van der Waals surface area contributed by atoms with Crippen molar-refractivity contribution in [1.29, 1.82) is 0 Å². The van der Waals surface area contributed by atoms with Gasteiger partial charge in [-0.1, -0.05) is 59.8 Å². The molecule has 19 heavy (non-hydrogen) atoms. The lowest BCUT2D eigenvalue weighted by Gasteiger charge is -2.04. The molecule has 0 saturated heterocycles. The van der Waals surface area contributed by atoms with E-state index in [9.17, 15) is 0 Å². The molecule has 3 nitrogen and oxygen atoms in total. The van der Waals surface area contributed by atoms with Gasteiger partial charge in [-0.2, -0.15) is 0 Å². The molecule has 0 bridgehead atoms. The number of rotatable bonds is 3. The lowest BCUT2D eigenvalue weighted by atomic mass is 10.1. The van der Waals surface area contributed by atoms with Gasteiger partial charge in [0.15, 0.2) is 0 Å². The van der Waals surface area contributed by atoms with Crippen molar-refractivity contribution in [3.8, 4) is 0 Å². The van der Waals surface area contributed by atoms with E-state index in [1.807, 2.05) is 54.6 Å². The third kappa shape index (κ3) is 2.60. The second kappa shape index (κ2) is 5.31. The average Bonchev–Trinajstić information content (AvgIpc) is 2.49. The van der Waals surface area contributed by atoms with Crippen LogP contribution in [-0.2, 0) is 0 Å². The van der Waals surface area contributed by atoms with Crippen molar-refractivity contribution in [1.82, 2.24) is 0 Å². The van der Waals surface area contributed by atoms with Gasteiger partial charge in [0.25, 0.3) is 0 Å². The third-order valence-electron chi connectivity index (χ3n) is 2.88. The van der Waals surface area contributed by atoms with Crippen LogP contribution >= 0.6 is 0 Å². The van der Waals surface area contributed by atoms with Crippen LogP contribution in [0.15, 0.2) is 83.1 Å². The number of nitrogens with zero attached hydrogens (tertiary/aromatic N) is 2. The number of fused-ring (bicyclic) bond motifs is 1. The molecule has 0 unspecified atom stereocenters. The van der Waals surface area contributed by atoms with Crippen LogP contribution in [0.3, 0.4) is 0 Å². The smallest absolute Gasteiger partial charge is 0.0874 e. The summed E-state index contributed by atoms with van der Waals surface area (Å²) in [4.78, 5) is 0. The molecule has 0 aliphatic heterocycles. The zero-order valence-corrected chi connectivity index (χ0v) is 10.3. The van der Waals surface area contributed by atoms with E-state index in [0.29, 0.717) is 0 Å². The van der Waals surface area contributed by atoms with Gasteiger partial charge in [-0.15, -0.1) is 5.11 Å². The number of hydrogen-bond acceptors (Lipinski definition) is 2. The van der Waals surface area contributed by atoms with Crippen molar-refractivity contribution in [2.24, 2.45) is 10.3 Å². The Kier molecular flexibility index (Phi) is 3.19. The Morgan fingerprint density at radius 1 is 0.684 bits per heavy atom. The summed E-state index contributed by atoms with van der Waals surface area (Å²) in [5.74, 6) is 0. The standard InChI is InChI=1S/C16H13N3/c1-2-9-14(10-3-1)17-19-18-16-12-6-8-13-7-4-5-11-15(13)16/h1-12H,(H,17,18). The summed E-state index contributed by atoms with van der Waals surface area (Å²) in [6, 6.07) is 23.9. The fourth-order valence-corrected chi connectivity index (χ4v) is 1.95. The van der Waals surface area contributed by atoms with Gasteiger partial charge >= 0.3 is 0 Å². The molecule has 0 aromatic heterocycles. The zero-order valence-electron chi connectivity index (χ0n) is 10.3. The molecule has 3 aromatic carbocycles. The maximum atomic E-state index is 4.12. The highest BCUT2D eigenvalue weighted by Crippen LogP contribution is 2.23. The molecular weight excluding hydrogens is 234 g/mol. The lowest BCUT2D eigenvalue weighted by molar-refractivity contribution is 1.13. The maximum Gasteiger partial charge on any atom is 0.0874 e. The minimum absolute atomic E-state index is 0.829. The average molecular weight is 247 g/mol. The molecule has 3 heteroatoms. The molecule has 0 heterocycles. The maximum absolute atomic E-state index is 4.12. The molecule has 0 fully saturated rings. The molecule has 0 aliphatic rings. The first kappa shape index (κ1) is 11.4. The van der Waals surface area contributed by atoms with Gasteiger partial charge < -0.3 is 0 Å². The quantitative estimate of drug-likeness (QED) is 0.516. The van der Waals surface area contributed by atoms with Crippen molar-refractivity contribution >= 4 is 22.1 Å². The van der Waals surface area contributed by atoms with Crippen molar-refractivity contribution in [3.63, 3.8) is 0 Å². The summed E-state index contributed by atoms with van der Waals surface area (Å²) in [5, 5.41) is 10.5. The van der Waals surface area contributed by atoms with Gasteiger partial charge in [0, 0.05) is 5.39 Å². The predicted molar refractivity (Wildman–Crippen MR) is 78.5 cm³/mol. The molecule has 0 aliphatic carbocycles. The van der Waals surface area contributed by atoms with Crippen molar-refractivity contribution in [3.05, 3.63) is 72.8 Å². The van der Waals surface area contributed by atoms with Gasteiger partial charge in [-0.05, 0) is 23.6 Å². The van der Waals surface area contributed by atoms with E-state index in [1.165, 1.54) is 5.39 Å². The topological polar surface area (TPSA) is 36.8 Å². The Morgan fingerprint density at radius 3 is 2.32 bits per heavy atom. The fourth-order valence-electron chi connectivity index (χ4n) is 1.95. The van der Waals surface area contributed by atoms with Gasteiger partial charge in [0.2, 0.25) is 0 Å². The van der Waals surface area contributed by atoms with Crippen LogP contribution in [0.4, 0.5) is 11.4 Å². The summed E-state index contributed by atoms with van der Waals surface area (Å²) < 4.78 is 0. The zero-order chi connectivity index (χ0) is 12.9. The molecule has 92 valence electrons. The molecule has 3 rings (SSSR count). The van der Waals surface area contributed by atoms with E-state index >= 15 is 0 Å². The van der Waals surface area contributed by atoms with Gasteiger partial charge in [-0.25, -0.2) is 0 Å². The summed E-state index contributed by atoms with van der Waals surface area (Å²) in [6.45, 7) is 0. The molecule has 0 saturated carbocycles. The Labute approximate surface area is 111 Å². The van der Waals surface area contributed by atoms with Gasteiger partial charge in [0.1, 0.15) is 0 Å². The fraction of sp³-hybridized carbons (Fsp3) is 0. The normalized spacial score (nSPS) is 10.9. The Morgan fingerprint density at radius 2 is 1.42 bits per heavy atom. The third-order valence-corrected chi connectivity index (χ3v) is 2.88. The van der Waals surface area contributed by atoms with Crippen molar-refractivity contribution < 1.29 is 0 Å². The van der Waals surface area contributed by atoms with E-state index in [4.69, 9.17) is 0 Å². The van der Waals surface area contributed by atoms with Gasteiger partial charge in [-0.3, -0.25) is 5.43 Å². The van der Waals surface area contributed by atoms with E-state index in [0.717, 1.165) is 16.8 Å². The number of nitrogens with one attached hydrogen (secondary N) is 1. The summed E-state index contributed by atoms with van der Waals surface area (Å²) in [5.41, 5.74) is 4.78. The first-order valence-corrected chi connectivity index (χ1v) is 6.13. The SMILES string of the molecule is c1ccc(/N=N/Nc2cccc3ccccc23)cc1. The molecular formula is C16H13N3. The highest BCUT2D eigenvalue weighted by Gasteiger charge is 1.97. The second-order valence-electron chi connectivity index (χ2n) is 4.17.